The van der Waals surface area contributed by atoms with Crippen LogP contribution in [0.1, 0.15) is 46.1 Å². The minimum atomic E-state index is -3.59. The maximum atomic E-state index is 13.4. The summed E-state index contributed by atoms with van der Waals surface area (Å²) in [6, 6.07) is 11.0. The smallest absolute Gasteiger partial charge is 0.242 e. The number of rotatable bonds is 14. The van der Waals surface area contributed by atoms with Crippen molar-refractivity contribution in [2.24, 2.45) is 5.92 Å². The molecule has 2 amide bonds. The second-order valence-corrected chi connectivity index (χ2v) is 12.2. The van der Waals surface area contributed by atoms with Crippen LogP contribution in [0.3, 0.4) is 0 Å². The summed E-state index contributed by atoms with van der Waals surface area (Å²) in [5.74, 6) is 0.333. The van der Waals surface area contributed by atoms with Crippen molar-refractivity contribution in [3.05, 3.63) is 58.1 Å². The molecule has 0 fully saturated rings. The van der Waals surface area contributed by atoms with Crippen LogP contribution in [0, 0.1) is 5.92 Å². The molecular weight excluding hydrogens is 549 g/mol. The molecule has 38 heavy (non-hydrogen) atoms. The molecule has 8 nitrogen and oxygen atoms in total. The Morgan fingerprint density at radius 2 is 1.71 bits per heavy atom. The first-order valence-corrected chi connectivity index (χ1v) is 15.2. The molecule has 0 bridgehead atoms. The third kappa shape index (κ3) is 9.67. The maximum Gasteiger partial charge on any atom is 0.242 e. The van der Waals surface area contributed by atoms with E-state index in [0.29, 0.717) is 40.2 Å². The molecule has 11 heteroatoms. The molecule has 0 heterocycles. The molecule has 1 unspecified atom stereocenters. The molecule has 1 atom stereocenters. The van der Waals surface area contributed by atoms with Crippen LogP contribution in [0.4, 0.5) is 5.69 Å². The highest BCUT2D eigenvalue weighted by atomic mass is 35.5. The van der Waals surface area contributed by atoms with Crippen molar-refractivity contribution in [2.45, 2.75) is 53.1 Å². The average molecular weight is 587 g/mol. The van der Waals surface area contributed by atoms with Crippen molar-refractivity contribution in [3.8, 4) is 5.75 Å². The van der Waals surface area contributed by atoms with Crippen molar-refractivity contribution in [2.75, 3.05) is 30.3 Å². The van der Waals surface area contributed by atoms with Crippen LogP contribution in [0.5, 0.6) is 5.75 Å². The number of sulfonamides is 1. The molecule has 0 saturated heterocycles. The van der Waals surface area contributed by atoms with E-state index in [0.717, 1.165) is 6.26 Å². The number of hydrogen-bond acceptors (Lipinski definition) is 5. The topological polar surface area (TPSA) is 96.0 Å². The Hall–Kier alpha value is -2.49. The summed E-state index contributed by atoms with van der Waals surface area (Å²) in [6.07, 6.45) is 1.42. The van der Waals surface area contributed by atoms with Crippen LogP contribution in [0.2, 0.25) is 10.0 Å². The Kier molecular flexibility index (Phi) is 12.2. The van der Waals surface area contributed by atoms with Gasteiger partial charge in [-0.3, -0.25) is 13.9 Å². The number of ether oxygens (including phenoxy) is 1. The van der Waals surface area contributed by atoms with Gasteiger partial charge in [-0.25, -0.2) is 8.42 Å². The minimum Gasteiger partial charge on any atom is -0.494 e. The van der Waals surface area contributed by atoms with E-state index in [9.17, 15) is 18.0 Å². The lowest BCUT2D eigenvalue weighted by molar-refractivity contribution is -0.140. The summed E-state index contributed by atoms with van der Waals surface area (Å²) >= 11 is 12.4. The van der Waals surface area contributed by atoms with E-state index in [2.05, 4.69) is 5.32 Å². The van der Waals surface area contributed by atoms with E-state index in [1.165, 1.54) is 9.21 Å². The lowest BCUT2D eigenvalue weighted by atomic mass is 10.1. The molecular formula is C27H37Cl2N3O5S. The molecule has 0 radical (unpaired) electrons. The molecule has 0 aliphatic rings. The highest BCUT2D eigenvalue weighted by molar-refractivity contribution is 7.92. The van der Waals surface area contributed by atoms with Gasteiger partial charge >= 0.3 is 0 Å². The largest absolute Gasteiger partial charge is 0.494 e. The number of amides is 2. The second kappa shape index (κ2) is 14.6. The van der Waals surface area contributed by atoms with E-state index in [1.54, 1.807) is 49.4 Å². The molecule has 0 aliphatic carbocycles. The molecule has 0 aliphatic heterocycles. The highest BCUT2D eigenvalue weighted by Crippen LogP contribution is 2.25. The van der Waals surface area contributed by atoms with Crippen molar-refractivity contribution < 1.29 is 22.7 Å². The fourth-order valence-corrected chi connectivity index (χ4v) is 5.18. The summed E-state index contributed by atoms with van der Waals surface area (Å²) < 4.78 is 31.7. The Morgan fingerprint density at radius 3 is 2.26 bits per heavy atom. The van der Waals surface area contributed by atoms with Gasteiger partial charge in [0.1, 0.15) is 11.8 Å². The summed E-state index contributed by atoms with van der Waals surface area (Å²) in [5.41, 5.74) is 1.13. The SMILES string of the molecule is CCOc1ccc(N(CCCC(=O)N(Cc2ccc(Cl)cc2Cl)C(C)C(=O)NCC(C)C)S(C)(=O)=O)cc1. The number of carbonyl (C=O) groups is 2. The standard InChI is InChI=1S/C27H37Cl2N3O5S/c1-6-37-24-13-11-23(12-14-24)32(38(5,35)36)15-7-8-26(33)31(20(4)27(34)30-17-19(2)3)18-21-9-10-22(28)16-25(21)29/h9-14,16,19-20H,6-8,15,17-18H2,1-5H3,(H,30,34). The third-order valence-corrected chi connectivity index (χ3v) is 7.58. The molecule has 0 aromatic heterocycles. The number of halogens is 2. The van der Waals surface area contributed by atoms with Crippen molar-refractivity contribution in [1.29, 1.82) is 0 Å². The molecule has 210 valence electrons. The first-order chi connectivity index (χ1) is 17.8. The van der Waals surface area contributed by atoms with E-state index in [4.69, 9.17) is 27.9 Å². The lowest BCUT2D eigenvalue weighted by Gasteiger charge is -2.30. The predicted molar refractivity (Wildman–Crippen MR) is 153 cm³/mol. The zero-order chi connectivity index (χ0) is 28.5. The van der Waals surface area contributed by atoms with Crippen LogP contribution in [-0.2, 0) is 26.2 Å². The van der Waals surface area contributed by atoms with Crippen LogP contribution < -0.4 is 14.4 Å². The van der Waals surface area contributed by atoms with Gasteiger partial charge in [0, 0.05) is 36.1 Å². The normalized spacial score (nSPS) is 12.2. The number of benzene rings is 2. The van der Waals surface area contributed by atoms with Crippen molar-refractivity contribution >= 4 is 50.7 Å². The monoisotopic (exact) mass is 585 g/mol. The van der Waals surface area contributed by atoms with Gasteiger partial charge in [-0.05, 0) is 68.1 Å². The number of anilines is 1. The van der Waals surface area contributed by atoms with Crippen molar-refractivity contribution in [1.82, 2.24) is 10.2 Å². The van der Waals surface area contributed by atoms with Gasteiger partial charge in [-0.1, -0.05) is 43.1 Å². The van der Waals surface area contributed by atoms with E-state index in [1.807, 2.05) is 20.8 Å². The van der Waals surface area contributed by atoms with Crippen LogP contribution in [-0.4, -0.2) is 57.1 Å². The van der Waals surface area contributed by atoms with Crippen LogP contribution >= 0.6 is 23.2 Å². The quantitative estimate of drug-likeness (QED) is 0.331. The van der Waals surface area contributed by atoms with Gasteiger partial charge in [0.25, 0.3) is 0 Å². The molecule has 0 saturated carbocycles. The molecule has 0 spiro atoms. The number of nitrogens with zero attached hydrogens (tertiary/aromatic N) is 2. The maximum absolute atomic E-state index is 13.4. The number of hydrogen-bond donors (Lipinski definition) is 1. The Balaban J connectivity index is 2.18. The Labute approximate surface area is 236 Å². The third-order valence-electron chi connectivity index (χ3n) is 5.80. The minimum absolute atomic E-state index is 0.0378. The van der Waals surface area contributed by atoms with E-state index >= 15 is 0 Å². The van der Waals surface area contributed by atoms with Gasteiger partial charge in [-0.2, -0.15) is 0 Å². The first kappa shape index (κ1) is 31.7. The fourth-order valence-electron chi connectivity index (χ4n) is 3.75. The Bertz CT molecular complexity index is 1190. The van der Waals surface area contributed by atoms with E-state index < -0.39 is 16.1 Å². The van der Waals surface area contributed by atoms with Gasteiger partial charge in [0.15, 0.2) is 0 Å². The first-order valence-electron chi connectivity index (χ1n) is 12.5. The zero-order valence-electron chi connectivity index (χ0n) is 22.5. The molecule has 2 aromatic rings. The highest BCUT2D eigenvalue weighted by Gasteiger charge is 2.27. The molecule has 2 aromatic carbocycles. The Morgan fingerprint density at radius 1 is 1.05 bits per heavy atom. The predicted octanol–water partition coefficient (Wildman–Crippen LogP) is 5.13. The van der Waals surface area contributed by atoms with Crippen LogP contribution in [0.15, 0.2) is 42.5 Å². The van der Waals surface area contributed by atoms with E-state index in [-0.39, 0.29) is 43.7 Å². The zero-order valence-corrected chi connectivity index (χ0v) is 24.9. The van der Waals surface area contributed by atoms with Crippen LogP contribution in [0.25, 0.3) is 0 Å². The summed E-state index contributed by atoms with van der Waals surface area (Å²) in [6.45, 7) is 8.70. The average Bonchev–Trinajstić information content (AvgIpc) is 2.84. The van der Waals surface area contributed by atoms with Gasteiger partial charge in [0.2, 0.25) is 21.8 Å². The summed E-state index contributed by atoms with van der Waals surface area (Å²) in [7, 11) is -3.59. The van der Waals surface area contributed by atoms with Gasteiger partial charge in [-0.15, -0.1) is 0 Å². The number of carbonyl (C=O) groups excluding carboxylic acids is 2. The molecule has 1 N–H and O–H groups in total. The van der Waals surface area contributed by atoms with Crippen molar-refractivity contribution in [3.63, 3.8) is 0 Å². The summed E-state index contributed by atoms with van der Waals surface area (Å²) in [5, 5.41) is 3.73. The second-order valence-electron chi connectivity index (χ2n) is 9.44. The fraction of sp³-hybridized carbons (Fsp3) is 0.481. The number of nitrogens with one attached hydrogen (secondary N) is 1. The van der Waals surface area contributed by atoms with Gasteiger partial charge < -0.3 is 15.0 Å². The molecule has 2 rings (SSSR count). The van der Waals surface area contributed by atoms with Gasteiger partial charge in [0.05, 0.1) is 18.6 Å². The summed E-state index contributed by atoms with van der Waals surface area (Å²) in [4.78, 5) is 27.7. The lowest BCUT2D eigenvalue weighted by Crippen LogP contribution is -2.48.